The van der Waals surface area contributed by atoms with Gasteiger partial charge in [0.05, 0.1) is 12.1 Å². The van der Waals surface area contributed by atoms with E-state index >= 15 is 0 Å². The van der Waals surface area contributed by atoms with Crippen molar-refractivity contribution in [1.29, 1.82) is 0 Å². The Kier molecular flexibility index (Phi) is 2.99. The lowest BCUT2D eigenvalue weighted by Crippen LogP contribution is -2.39. The quantitative estimate of drug-likeness (QED) is 0.880. The molecule has 0 spiro atoms. The second-order valence-electron chi connectivity index (χ2n) is 5.26. The summed E-state index contributed by atoms with van der Waals surface area (Å²) in [5.74, 6) is 1.02. The molecule has 3 heteroatoms. The number of hydrogen-bond acceptors (Lipinski definition) is 3. The fourth-order valence-electron chi connectivity index (χ4n) is 2.68. The van der Waals surface area contributed by atoms with Crippen LogP contribution >= 0.6 is 0 Å². The molecule has 0 bridgehead atoms. The molecule has 3 nitrogen and oxygen atoms in total. The maximum absolute atomic E-state index is 5.98. The molecule has 2 aliphatic rings. The van der Waals surface area contributed by atoms with Crippen molar-refractivity contribution in [2.45, 2.75) is 25.9 Å². The molecule has 1 aromatic rings. The Morgan fingerprint density at radius 1 is 1.16 bits per heavy atom. The van der Waals surface area contributed by atoms with Gasteiger partial charge in [-0.2, -0.15) is 0 Å². The van der Waals surface area contributed by atoms with E-state index in [9.17, 15) is 0 Å². The second-order valence-corrected chi connectivity index (χ2v) is 5.26. The van der Waals surface area contributed by atoms with Crippen LogP contribution in [0.4, 0.5) is 0 Å². The van der Waals surface area contributed by atoms with E-state index in [0.29, 0.717) is 6.54 Å². The zero-order valence-electron chi connectivity index (χ0n) is 11.4. The van der Waals surface area contributed by atoms with Crippen LogP contribution in [0.1, 0.15) is 24.1 Å². The third-order valence-corrected chi connectivity index (χ3v) is 3.76. The van der Waals surface area contributed by atoms with Crippen LogP contribution in [0.15, 0.2) is 53.2 Å². The Morgan fingerprint density at radius 3 is 2.58 bits per heavy atom. The lowest BCUT2D eigenvalue weighted by molar-refractivity contribution is 0.389. The Morgan fingerprint density at radius 2 is 1.89 bits per heavy atom. The van der Waals surface area contributed by atoms with E-state index < -0.39 is 0 Å². The number of allylic oxidation sites excluding steroid dienone is 2. The summed E-state index contributed by atoms with van der Waals surface area (Å²) in [5, 5.41) is 0. The first kappa shape index (κ1) is 12.2. The molecule has 0 saturated heterocycles. The van der Waals surface area contributed by atoms with Gasteiger partial charge in [-0.1, -0.05) is 35.9 Å². The number of hydrogen-bond donors (Lipinski definition) is 1. The molecule has 0 aliphatic carbocycles. The molecule has 2 aliphatic heterocycles. The van der Waals surface area contributed by atoms with Gasteiger partial charge in [0.25, 0.3) is 0 Å². The largest absolute Gasteiger partial charge is 0.328 e. The Labute approximate surface area is 114 Å². The first-order valence-corrected chi connectivity index (χ1v) is 6.68. The van der Waals surface area contributed by atoms with Crippen LogP contribution in [0, 0.1) is 6.92 Å². The number of aliphatic imine (C=N–C) groups is 1. The number of rotatable bonds is 2. The van der Waals surface area contributed by atoms with Gasteiger partial charge in [-0.15, -0.1) is 0 Å². The van der Waals surface area contributed by atoms with Crippen LogP contribution in [0.2, 0.25) is 0 Å². The van der Waals surface area contributed by atoms with Crippen molar-refractivity contribution in [3.05, 3.63) is 59.3 Å². The third-order valence-electron chi connectivity index (χ3n) is 3.76. The van der Waals surface area contributed by atoms with Gasteiger partial charge in [0.15, 0.2) is 0 Å². The van der Waals surface area contributed by atoms with Gasteiger partial charge >= 0.3 is 0 Å². The van der Waals surface area contributed by atoms with Crippen molar-refractivity contribution in [3.63, 3.8) is 0 Å². The van der Waals surface area contributed by atoms with Crippen molar-refractivity contribution in [1.82, 2.24) is 4.90 Å². The Bertz CT molecular complexity index is 566. The average molecular weight is 253 g/mol. The first-order valence-electron chi connectivity index (χ1n) is 6.68. The highest BCUT2D eigenvalue weighted by Crippen LogP contribution is 2.33. The molecule has 2 unspecified atom stereocenters. The van der Waals surface area contributed by atoms with Crippen LogP contribution in [0.25, 0.3) is 0 Å². The van der Waals surface area contributed by atoms with E-state index in [0.717, 1.165) is 5.84 Å². The highest BCUT2D eigenvalue weighted by atomic mass is 15.3. The lowest BCUT2D eigenvalue weighted by Gasteiger charge is -2.27. The van der Waals surface area contributed by atoms with Crippen molar-refractivity contribution < 1.29 is 0 Å². The zero-order chi connectivity index (χ0) is 13.4. The molecule has 0 saturated carbocycles. The highest BCUT2D eigenvalue weighted by molar-refractivity contribution is 5.97. The standard InChI is InChI=1S/C16H19N3/c1-11-3-6-13(7-4-11)16-14(9-17)19-10-12(2)5-8-15(19)18-16/h3-8,10,14,16H,9,17H2,1-2H3. The number of amidine groups is 1. The predicted octanol–water partition coefficient (Wildman–Crippen LogP) is 2.55. The van der Waals surface area contributed by atoms with E-state index in [-0.39, 0.29) is 12.1 Å². The molecule has 19 heavy (non-hydrogen) atoms. The van der Waals surface area contributed by atoms with Crippen molar-refractivity contribution in [2.24, 2.45) is 10.7 Å². The van der Waals surface area contributed by atoms with E-state index in [1.807, 2.05) is 0 Å². The van der Waals surface area contributed by atoms with Crippen molar-refractivity contribution in [3.8, 4) is 0 Å². The molecule has 0 amide bonds. The SMILES string of the molecule is CC1=CN2C(=NC(c3ccc(C)cc3)C2CN)C=C1. The third kappa shape index (κ3) is 2.10. The Balaban J connectivity index is 1.97. The number of nitrogens with zero attached hydrogens (tertiary/aromatic N) is 2. The topological polar surface area (TPSA) is 41.6 Å². The molecule has 1 aromatic carbocycles. The summed E-state index contributed by atoms with van der Waals surface area (Å²) in [5.41, 5.74) is 9.72. The molecule has 0 fully saturated rings. The minimum atomic E-state index is 0.132. The maximum Gasteiger partial charge on any atom is 0.128 e. The van der Waals surface area contributed by atoms with Gasteiger partial charge < -0.3 is 10.6 Å². The second kappa shape index (κ2) is 4.67. The smallest absolute Gasteiger partial charge is 0.128 e. The molecule has 2 heterocycles. The van der Waals surface area contributed by atoms with E-state index in [4.69, 9.17) is 10.7 Å². The summed E-state index contributed by atoms with van der Waals surface area (Å²) in [4.78, 5) is 7.04. The van der Waals surface area contributed by atoms with Gasteiger partial charge in [-0.05, 0) is 31.1 Å². The fourth-order valence-corrected chi connectivity index (χ4v) is 2.68. The average Bonchev–Trinajstić information content (AvgIpc) is 2.77. The van der Waals surface area contributed by atoms with Crippen LogP contribution in [-0.2, 0) is 0 Å². The fraction of sp³-hybridized carbons (Fsp3) is 0.312. The summed E-state index contributed by atoms with van der Waals surface area (Å²) in [6, 6.07) is 8.94. The molecule has 98 valence electrons. The van der Waals surface area contributed by atoms with Crippen molar-refractivity contribution >= 4 is 5.84 Å². The highest BCUT2D eigenvalue weighted by Gasteiger charge is 2.34. The van der Waals surface area contributed by atoms with Crippen LogP contribution in [0.5, 0.6) is 0 Å². The monoisotopic (exact) mass is 253 g/mol. The normalized spacial score (nSPS) is 25.1. The van der Waals surface area contributed by atoms with E-state index in [1.54, 1.807) is 0 Å². The molecule has 2 atom stereocenters. The Hall–Kier alpha value is -1.87. The summed E-state index contributed by atoms with van der Waals surface area (Å²) < 4.78 is 0. The van der Waals surface area contributed by atoms with E-state index in [2.05, 4.69) is 61.4 Å². The zero-order valence-corrected chi connectivity index (χ0v) is 11.4. The van der Waals surface area contributed by atoms with Crippen LogP contribution < -0.4 is 5.73 Å². The number of nitrogens with two attached hydrogens (primary N) is 1. The molecule has 2 N–H and O–H groups in total. The molecule has 3 rings (SSSR count). The van der Waals surface area contributed by atoms with Gasteiger partial charge in [-0.3, -0.25) is 4.99 Å². The number of fused-ring (bicyclic) bond motifs is 1. The summed E-state index contributed by atoms with van der Waals surface area (Å²) in [7, 11) is 0. The molecule has 0 radical (unpaired) electrons. The summed E-state index contributed by atoms with van der Waals surface area (Å²) >= 11 is 0. The summed E-state index contributed by atoms with van der Waals surface area (Å²) in [6.45, 7) is 4.80. The van der Waals surface area contributed by atoms with Crippen molar-refractivity contribution in [2.75, 3.05) is 6.54 Å². The predicted molar refractivity (Wildman–Crippen MR) is 78.9 cm³/mol. The first-order chi connectivity index (χ1) is 9.19. The minimum absolute atomic E-state index is 0.132. The number of benzene rings is 1. The van der Waals surface area contributed by atoms with Crippen LogP contribution in [0.3, 0.4) is 0 Å². The number of aryl methyl sites for hydroxylation is 1. The van der Waals surface area contributed by atoms with Gasteiger partial charge in [0, 0.05) is 12.7 Å². The van der Waals surface area contributed by atoms with Gasteiger partial charge in [0.1, 0.15) is 5.84 Å². The summed E-state index contributed by atoms with van der Waals surface area (Å²) in [6.07, 6.45) is 6.32. The molecular formula is C16H19N3. The van der Waals surface area contributed by atoms with Crippen LogP contribution in [-0.4, -0.2) is 23.3 Å². The van der Waals surface area contributed by atoms with E-state index in [1.165, 1.54) is 16.7 Å². The molecular weight excluding hydrogens is 234 g/mol. The lowest BCUT2D eigenvalue weighted by atomic mass is 9.99. The van der Waals surface area contributed by atoms with Gasteiger partial charge in [0.2, 0.25) is 0 Å². The maximum atomic E-state index is 5.98. The molecule has 0 aromatic heterocycles. The minimum Gasteiger partial charge on any atom is -0.328 e. The van der Waals surface area contributed by atoms with Gasteiger partial charge in [-0.25, -0.2) is 0 Å².